The summed E-state index contributed by atoms with van der Waals surface area (Å²) in [6, 6.07) is 3.86. The van der Waals surface area contributed by atoms with Crippen molar-refractivity contribution in [1.29, 1.82) is 0 Å². The summed E-state index contributed by atoms with van der Waals surface area (Å²) in [6.07, 6.45) is 1.58. The van der Waals surface area contributed by atoms with E-state index in [1.54, 1.807) is 18.3 Å². The average molecular weight is 248 g/mol. The highest BCUT2D eigenvalue weighted by Gasteiger charge is 2.23. The van der Waals surface area contributed by atoms with E-state index < -0.39 is 0 Å². The summed E-state index contributed by atoms with van der Waals surface area (Å²) in [5.41, 5.74) is 6.68. The zero-order chi connectivity index (χ0) is 13.1. The molecule has 0 aliphatic carbocycles. The van der Waals surface area contributed by atoms with E-state index in [4.69, 9.17) is 5.73 Å². The normalized spacial score (nSPS) is 17.2. The van der Waals surface area contributed by atoms with Gasteiger partial charge in [0.05, 0.1) is 0 Å². The van der Waals surface area contributed by atoms with Crippen LogP contribution >= 0.6 is 0 Å². The summed E-state index contributed by atoms with van der Waals surface area (Å²) >= 11 is 0. The van der Waals surface area contributed by atoms with Crippen molar-refractivity contribution in [3.63, 3.8) is 0 Å². The lowest BCUT2D eigenvalue weighted by Gasteiger charge is -2.36. The van der Waals surface area contributed by atoms with Crippen LogP contribution in [0, 0.1) is 0 Å². The van der Waals surface area contributed by atoms with Crippen LogP contribution < -0.4 is 5.73 Å². The number of nitrogen functional groups attached to an aromatic ring is 1. The molecule has 0 atom stereocenters. The molecular formula is C13H20N4O. The van der Waals surface area contributed by atoms with Crippen LogP contribution in [0.25, 0.3) is 0 Å². The molecule has 1 aromatic rings. The first-order valence-electron chi connectivity index (χ1n) is 6.33. The predicted octanol–water partition coefficient (Wildman–Crippen LogP) is 0.830. The lowest BCUT2D eigenvalue weighted by molar-refractivity contribution is 0.0590. The van der Waals surface area contributed by atoms with Gasteiger partial charge in [0.1, 0.15) is 5.69 Å². The van der Waals surface area contributed by atoms with Crippen molar-refractivity contribution in [3.8, 4) is 0 Å². The molecule has 18 heavy (non-hydrogen) atoms. The summed E-state index contributed by atoms with van der Waals surface area (Å²) in [4.78, 5) is 20.5. The van der Waals surface area contributed by atoms with Gasteiger partial charge in [-0.15, -0.1) is 0 Å². The SMILES string of the molecule is CC(C)N1CCN(C(=O)c2cc(N)ccn2)CC1. The zero-order valence-electron chi connectivity index (χ0n) is 11.0. The van der Waals surface area contributed by atoms with E-state index in [1.165, 1.54) is 0 Å². The number of piperazine rings is 1. The Kier molecular flexibility index (Phi) is 3.81. The summed E-state index contributed by atoms with van der Waals surface area (Å²) in [7, 11) is 0. The number of pyridine rings is 1. The van der Waals surface area contributed by atoms with Gasteiger partial charge in [-0.1, -0.05) is 0 Å². The van der Waals surface area contributed by atoms with E-state index in [1.807, 2.05) is 4.90 Å². The molecule has 0 bridgehead atoms. The molecule has 1 aromatic heterocycles. The second-order valence-corrected chi connectivity index (χ2v) is 4.90. The van der Waals surface area contributed by atoms with Crippen molar-refractivity contribution in [2.45, 2.75) is 19.9 Å². The third kappa shape index (κ3) is 2.79. The second kappa shape index (κ2) is 5.35. The summed E-state index contributed by atoms with van der Waals surface area (Å²) in [5.74, 6) is -0.0225. The van der Waals surface area contributed by atoms with E-state index in [2.05, 4.69) is 23.7 Å². The molecule has 1 aliphatic rings. The third-order valence-electron chi connectivity index (χ3n) is 3.33. The summed E-state index contributed by atoms with van der Waals surface area (Å²) in [6.45, 7) is 7.71. The van der Waals surface area contributed by atoms with Crippen LogP contribution in [-0.4, -0.2) is 52.9 Å². The quantitative estimate of drug-likeness (QED) is 0.842. The Balaban J connectivity index is 1.99. The minimum Gasteiger partial charge on any atom is -0.399 e. The molecule has 0 saturated carbocycles. The maximum Gasteiger partial charge on any atom is 0.272 e. The fourth-order valence-electron chi connectivity index (χ4n) is 2.17. The van der Waals surface area contributed by atoms with Crippen LogP contribution in [0.3, 0.4) is 0 Å². The van der Waals surface area contributed by atoms with E-state index in [0.717, 1.165) is 26.2 Å². The van der Waals surface area contributed by atoms with Crippen LogP contribution in [-0.2, 0) is 0 Å². The number of hydrogen-bond donors (Lipinski definition) is 1. The molecule has 0 aromatic carbocycles. The van der Waals surface area contributed by atoms with E-state index in [0.29, 0.717) is 17.4 Å². The van der Waals surface area contributed by atoms with Crippen molar-refractivity contribution in [2.75, 3.05) is 31.9 Å². The van der Waals surface area contributed by atoms with Crippen LogP contribution in [0.4, 0.5) is 5.69 Å². The van der Waals surface area contributed by atoms with Crippen molar-refractivity contribution < 1.29 is 4.79 Å². The standard InChI is InChI=1S/C13H20N4O/c1-10(2)16-5-7-17(8-6-16)13(18)12-9-11(14)3-4-15-12/h3-4,9-10H,5-8H2,1-2H3,(H2,14,15). The van der Waals surface area contributed by atoms with Gasteiger partial charge < -0.3 is 10.6 Å². The number of nitrogens with two attached hydrogens (primary N) is 1. The molecule has 2 N–H and O–H groups in total. The molecular weight excluding hydrogens is 228 g/mol. The molecule has 1 aliphatic heterocycles. The maximum atomic E-state index is 12.2. The van der Waals surface area contributed by atoms with Crippen molar-refractivity contribution in [1.82, 2.24) is 14.8 Å². The first-order valence-corrected chi connectivity index (χ1v) is 6.33. The first-order chi connectivity index (χ1) is 8.58. The van der Waals surface area contributed by atoms with E-state index in [9.17, 15) is 4.79 Å². The molecule has 1 fully saturated rings. The van der Waals surface area contributed by atoms with Crippen molar-refractivity contribution >= 4 is 11.6 Å². The topological polar surface area (TPSA) is 62.5 Å². The Labute approximate surface area is 108 Å². The molecule has 0 unspecified atom stereocenters. The highest BCUT2D eigenvalue weighted by Crippen LogP contribution is 2.11. The number of anilines is 1. The Morgan fingerprint density at radius 3 is 2.56 bits per heavy atom. The fourth-order valence-corrected chi connectivity index (χ4v) is 2.17. The van der Waals surface area contributed by atoms with Crippen molar-refractivity contribution in [3.05, 3.63) is 24.0 Å². The second-order valence-electron chi connectivity index (χ2n) is 4.90. The molecule has 1 amide bonds. The number of hydrogen-bond acceptors (Lipinski definition) is 4. The van der Waals surface area contributed by atoms with E-state index >= 15 is 0 Å². The molecule has 5 nitrogen and oxygen atoms in total. The molecule has 5 heteroatoms. The Bertz CT molecular complexity index is 425. The number of rotatable bonds is 2. The van der Waals surface area contributed by atoms with Gasteiger partial charge in [-0.25, -0.2) is 0 Å². The molecule has 2 heterocycles. The maximum absolute atomic E-state index is 12.2. The zero-order valence-corrected chi connectivity index (χ0v) is 11.0. The highest BCUT2D eigenvalue weighted by atomic mass is 16.2. The smallest absolute Gasteiger partial charge is 0.272 e. The predicted molar refractivity (Wildman–Crippen MR) is 71.3 cm³/mol. The highest BCUT2D eigenvalue weighted by molar-refractivity contribution is 5.93. The number of amides is 1. The molecule has 0 spiro atoms. The van der Waals surface area contributed by atoms with Crippen LogP contribution in [0.2, 0.25) is 0 Å². The van der Waals surface area contributed by atoms with Gasteiger partial charge in [0.15, 0.2) is 0 Å². The van der Waals surface area contributed by atoms with Gasteiger partial charge in [0.2, 0.25) is 0 Å². The van der Waals surface area contributed by atoms with Crippen LogP contribution in [0.15, 0.2) is 18.3 Å². The molecule has 2 rings (SSSR count). The molecule has 0 radical (unpaired) electrons. The number of nitrogens with zero attached hydrogens (tertiary/aromatic N) is 3. The van der Waals surface area contributed by atoms with E-state index in [-0.39, 0.29) is 5.91 Å². The first kappa shape index (κ1) is 12.8. The fraction of sp³-hybridized carbons (Fsp3) is 0.538. The minimum absolute atomic E-state index is 0.0225. The van der Waals surface area contributed by atoms with Crippen molar-refractivity contribution in [2.24, 2.45) is 0 Å². The van der Waals surface area contributed by atoms with Gasteiger partial charge in [-0.05, 0) is 26.0 Å². The number of carbonyl (C=O) groups is 1. The Hall–Kier alpha value is -1.62. The van der Waals surface area contributed by atoms with Gasteiger partial charge in [-0.2, -0.15) is 0 Å². The average Bonchev–Trinajstić information content (AvgIpc) is 2.38. The van der Waals surface area contributed by atoms with Gasteiger partial charge >= 0.3 is 0 Å². The minimum atomic E-state index is -0.0225. The third-order valence-corrected chi connectivity index (χ3v) is 3.33. The summed E-state index contributed by atoms with van der Waals surface area (Å²) < 4.78 is 0. The van der Waals surface area contributed by atoms with Gasteiger partial charge in [0.25, 0.3) is 5.91 Å². The van der Waals surface area contributed by atoms with Crippen LogP contribution in [0.5, 0.6) is 0 Å². The lowest BCUT2D eigenvalue weighted by Crippen LogP contribution is -2.50. The lowest BCUT2D eigenvalue weighted by atomic mass is 10.2. The largest absolute Gasteiger partial charge is 0.399 e. The Morgan fingerprint density at radius 1 is 1.33 bits per heavy atom. The molecule has 1 saturated heterocycles. The van der Waals surface area contributed by atoms with Gasteiger partial charge in [-0.3, -0.25) is 14.7 Å². The molecule has 98 valence electrons. The Morgan fingerprint density at radius 2 is 2.00 bits per heavy atom. The number of carbonyl (C=O) groups excluding carboxylic acids is 1. The van der Waals surface area contributed by atoms with Crippen LogP contribution in [0.1, 0.15) is 24.3 Å². The summed E-state index contributed by atoms with van der Waals surface area (Å²) in [5, 5.41) is 0. The number of aromatic nitrogens is 1. The van der Waals surface area contributed by atoms with Gasteiger partial charge in [0, 0.05) is 44.1 Å². The monoisotopic (exact) mass is 248 g/mol.